The number of benzene rings is 1. The molecular formula is C22H29N3O3S. The van der Waals surface area contributed by atoms with Crippen LogP contribution >= 0.6 is 11.3 Å². The fraction of sp³-hybridized carbons (Fsp3) is 0.500. The van der Waals surface area contributed by atoms with Crippen LogP contribution in [0.2, 0.25) is 0 Å². The van der Waals surface area contributed by atoms with Crippen LogP contribution < -0.4 is 15.4 Å². The van der Waals surface area contributed by atoms with Crippen molar-refractivity contribution in [2.45, 2.75) is 64.5 Å². The molecule has 0 bridgehead atoms. The van der Waals surface area contributed by atoms with E-state index in [0.717, 1.165) is 29.3 Å². The Labute approximate surface area is 176 Å². The predicted octanol–water partition coefficient (Wildman–Crippen LogP) is 3.53. The van der Waals surface area contributed by atoms with Gasteiger partial charge in [-0.1, -0.05) is 37.0 Å². The van der Waals surface area contributed by atoms with Gasteiger partial charge in [-0.3, -0.25) is 9.59 Å². The molecule has 1 aromatic carbocycles. The Bertz CT molecular complexity index is 798. The van der Waals surface area contributed by atoms with E-state index in [0.29, 0.717) is 25.6 Å². The molecule has 3 rings (SSSR count). The molecule has 0 saturated heterocycles. The van der Waals surface area contributed by atoms with E-state index in [2.05, 4.69) is 15.6 Å². The number of carbonyl (C=O) groups excluding carboxylic acids is 2. The Kier molecular flexibility index (Phi) is 8.04. The molecule has 2 amide bonds. The number of rotatable bonds is 9. The van der Waals surface area contributed by atoms with Crippen molar-refractivity contribution in [1.82, 2.24) is 15.6 Å². The van der Waals surface area contributed by atoms with Crippen molar-refractivity contribution in [2.75, 3.05) is 6.54 Å². The molecule has 1 aromatic heterocycles. The molecule has 1 heterocycles. The number of thiazole rings is 1. The van der Waals surface area contributed by atoms with Crippen LogP contribution in [0.4, 0.5) is 0 Å². The molecule has 2 N–H and O–H groups in total. The maximum absolute atomic E-state index is 12.1. The summed E-state index contributed by atoms with van der Waals surface area (Å²) in [6.07, 6.45) is 6.30. The molecular weight excluding hydrogens is 386 g/mol. The van der Waals surface area contributed by atoms with Crippen LogP contribution in [0.1, 0.15) is 54.8 Å². The second kappa shape index (κ2) is 11.0. The molecule has 29 heavy (non-hydrogen) atoms. The summed E-state index contributed by atoms with van der Waals surface area (Å²) in [7, 11) is 0. The summed E-state index contributed by atoms with van der Waals surface area (Å²) in [5.41, 5.74) is 1.91. The third kappa shape index (κ3) is 7.49. The molecule has 1 saturated carbocycles. The molecule has 156 valence electrons. The maximum Gasteiger partial charge on any atom is 0.226 e. The van der Waals surface area contributed by atoms with Gasteiger partial charge in [0.05, 0.1) is 12.1 Å². The van der Waals surface area contributed by atoms with E-state index in [-0.39, 0.29) is 18.2 Å². The molecule has 0 spiro atoms. The second-order valence-corrected chi connectivity index (χ2v) is 8.46. The fourth-order valence-electron chi connectivity index (χ4n) is 3.37. The molecule has 0 unspecified atom stereocenters. The van der Waals surface area contributed by atoms with Crippen molar-refractivity contribution < 1.29 is 14.3 Å². The zero-order valence-corrected chi connectivity index (χ0v) is 17.7. The van der Waals surface area contributed by atoms with E-state index in [1.807, 2.05) is 36.6 Å². The standard InChI is InChI=1S/C22H29N3O3S/c1-16-7-9-19(10-8-16)28-14-22-25-18(15-29-22)13-21(27)23-12-11-20(26)24-17-5-3-2-4-6-17/h7-10,15,17H,2-6,11-14H2,1H3,(H,23,27)(H,24,26). The van der Waals surface area contributed by atoms with Gasteiger partial charge < -0.3 is 15.4 Å². The second-order valence-electron chi connectivity index (χ2n) is 7.51. The first-order chi connectivity index (χ1) is 14.1. The Balaban J connectivity index is 1.33. The minimum absolute atomic E-state index is 0.0152. The number of aromatic nitrogens is 1. The molecule has 7 heteroatoms. The highest BCUT2D eigenvalue weighted by Crippen LogP contribution is 2.18. The average Bonchev–Trinajstić information content (AvgIpc) is 3.15. The number of hydrogen-bond donors (Lipinski definition) is 2. The Morgan fingerprint density at radius 1 is 1.14 bits per heavy atom. The lowest BCUT2D eigenvalue weighted by molar-refractivity contribution is -0.122. The first kappa shape index (κ1) is 21.3. The van der Waals surface area contributed by atoms with Crippen LogP contribution in [0.3, 0.4) is 0 Å². The van der Waals surface area contributed by atoms with Gasteiger partial charge in [-0.25, -0.2) is 4.98 Å². The van der Waals surface area contributed by atoms with Crippen LogP contribution in [0.15, 0.2) is 29.6 Å². The van der Waals surface area contributed by atoms with Crippen LogP contribution in [0, 0.1) is 6.92 Å². The summed E-state index contributed by atoms with van der Waals surface area (Å²) in [5, 5.41) is 8.58. The number of aryl methyl sites for hydroxylation is 1. The number of hydrogen-bond acceptors (Lipinski definition) is 5. The Hall–Kier alpha value is -2.41. The van der Waals surface area contributed by atoms with E-state index in [1.54, 1.807) is 0 Å². The SMILES string of the molecule is Cc1ccc(OCc2nc(CC(=O)NCCC(=O)NC3CCCCC3)cs2)cc1. The molecule has 2 aromatic rings. The van der Waals surface area contributed by atoms with Gasteiger partial charge in [-0.2, -0.15) is 0 Å². The number of nitrogens with one attached hydrogen (secondary N) is 2. The molecule has 6 nitrogen and oxygen atoms in total. The normalized spacial score (nSPS) is 14.4. The lowest BCUT2D eigenvalue weighted by Crippen LogP contribution is -2.38. The molecule has 0 atom stereocenters. The number of nitrogens with zero attached hydrogens (tertiary/aromatic N) is 1. The highest BCUT2D eigenvalue weighted by molar-refractivity contribution is 7.09. The summed E-state index contributed by atoms with van der Waals surface area (Å²) in [6.45, 7) is 2.77. The van der Waals surface area contributed by atoms with Crippen LogP contribution in [-0.4, -0.2) is 29.4 Å². The predicted molar refractivity (Wildman–Crippen MR) is 114 cm³/mol. The molecule has 0 radical (unpaired) electrons. The molecule has 0 aliphatic heterocycles. The van der Waals surface area contributed by atoms with E-state index >= 15 is 0 Å². The smallest absolute Gasteiger partial charge is 0.226 e. The summed E-state index contributed by atoms with van der Waals surface area (Å²) in [4.78, 5) is 28.5. The van der Waals surface area contributed by atoms with Crippen LogP contribution in [0.5, 0.6) is 5.75 Å². The van der Waals surface area contributed by atoms with E-state index < -0.39 is 0 Å². The van der Waals surface area contributed by atoms with E-state index in [4.69, 9.17) is 4.74 Å². The van der Waals surface area contributed by atoms with Gasteiger partial charge in [0.2, 0.25) is 11.8 Å². The monoisotopic (exact) mass is 415 g/mol. The van der Waals surface area contributed by atoms with Crippen molar-refractivity contribution in [3.05, 3.63) is 45.9 Å². The topological polar surface area (TPSA) is 80.3 Å². The van der Waals surface area contributed by atoms with Gasteiger partial charge in [-0.15, -0.1) is 11.3 Å². The van der Waals surface area contributed by atoms with Gasteiger partial charge in [0, 0.05) is 24.4 Å². The minimum atomic E-state index is -0.119. The largest absolute Gasteiger partial charge is 0.486 e. The van der Waals surface area contributed by atoms with Gasteiger partial charge in [0.1, 0.15) is 17.4 Å². The highest BCUT2D eigenvalue weighted by Gasteiger charge is 2.15. The van der Waals surface area contributed by atoms with Crippen molar-refractivity contribution in [1.29, 1.82) is 0 Å². The summed E-state index contributed by atoms with van der Waals surface area (Å²) in [5.74, 6) is 0.699. The van der Waals surface area contributed by atoms with Crippen LogP contribution in [-0.2, 0) is 22.6 Å². The van der Waals surface area contributed by atoms with Crippen molar-refractivity contribution in [3.8, 4) is 5.75 Å². The maximum atomic E-state index is 12.1. The number of amides is 2. The number of carbonyl (C=O) groups is 2. The minimum Gasteiger partial charge on any atom is -0.486 e. The van der Waals surface area contributed by atoms with Crippen LogP contribution in [0.25, 0.3) is 0 Å². The molecule has 1 aliphatic carbocycles. The van der Waals surface area contributed by atoms with Gasteiger partial charge in [0.15, 0.2) is 0 Å². The molecule has 1 fully saturated rings. The third-order valence-electron chi connectivity index (χ3n) is 4.97. The quantitative estimate of drug-likeness (QED) is 0.657. The number of ether oxygens (including phenoxy) is 1. The highest BCUT2D eigenvalue weighted by atomic mass is 32.1. The first-order valence-corrected chi connectivity index (χ1v) is 11.2. The van der Waals surface area contributed by atoms with E-state index in [9.17, 15) is 9.59 Å². The lowest BCUT2D eigenvalue weighted by Gasteiger charge is -2.22. The van der Waals surface area contributed by atoms with Gasteiger partial charge >= 0.3 is 0 Å². The zero-order valence-electron chi connectivity index (χ0n) is 16.9. The summed E-state index contributed by atoms with van der Waals surface area (Å²) < 4.78 is 5.72. The van der Waals surface area contributed by atoms with Crippen molar-refractivity contribution in [3.63, 3.8) is 0 Å². The Morgan fingerprint density at radius 2 is 1.90 bits per heavy atom. The lowest BCUT2D eigenvalue weighted by atomic mass is 9.95. The fourth-order valence-corrected chi connectivity index (χ4v) is 4.07. The van der Waals surface area contributed by atoms with E-state index in [1.165, 1.54) is 36.2 Å². The van der Waals surface area contributed by atoms with Crippen molar-refractivity contribution in [2.24, 2.45) is 0 Å². The van der Waals surface area contributed by atoms with Gasteiger partial charge in [-0.05, 0) is 31.9 Å². The molecule has 1 aliphatic rings. The van der Waals surface area contributed by atoms with Crippen molar-refractivity contribution >= 4 is 23.2 Å². The average molecular weight is 416 g/mol. The Morgan fingerprint density at radius 3 is 2.66 bits per heavy atom. The summed E-state index contributed by atoms with van der Waals surface area (Å²) in [6, 6.07) is 8.18. The zero-order chi connectivity index (χ0) is 20.5. The van der Waals surface area contributed by atoms with Gasteiger partial charge in [0.25, 0.3) is 0 Å². The first-order valence-electron chi connectivity index (χ1n) is 10.3. The third-order valence-corrected chi connectivity index (χ3v) is 5.84. The summed E-state index contributed by atoms with van der Waals surface area (Å²) >= 11 is 1.48.